The summed E-state index contributed by atoms with van der Waals surface area (Å²) in [6.45, 7) is 0.562. The molecule has 1 aromatic rings. The van der Waals surface area contributed by atoms with Gasteiger partial charge in [0.05, 0.1) is 11.2 Å². The van der Waals surface area contributed by atoms with Gasteiger partial charge < -0.3 is 20.4 Å². The normalized spacial score (nSPS) is 25.4. The third-order valence-electron chi connectivity index (χ3n) is 4.95. The quantitative estimate of drug-likeness (QED) is 0.570. The Bertz CT molecular complexity index is 662. The van der Waals surface area contributed by atoms with Crippen LogP contribution in [0, 0.1) is 0 Å². The number of carbonyl (C=O) groups is 1. The highest BCUT2D eigenvalue weighted by molar-refractivity contribution is 7.52. The molecule has 6 nitrogen and oxygen atoms in total. The van der Waals surface area contributed by atoms with Gasteiger partial charge in [0, 0.05) is 19.3 Å². The lowest BCUT2D eigenvalue weighted by Gasteiger charge is -2.30. The van der Waals surface area contributed by atoms with E-state index in [2.05, 4.69) is 0 Å². The highest BCUT2D eigenvalue weighted by atomic mass is 31.2. The first-order valence-corrected chi connectivity index (χ1v) is 9.19. The van der Waals surface area contributed by atoms with Crippen molar-refractivity contribution >= 4 is 19.2 Å². The average molecular weight is 324 g/mol. The van der Waals surface area contributed by atoms with Crippen LogP contribution in [0.3, 0.4) is 0 Å². The summed E-state index contributed by atoms with van der Waals surface area (Å²) in [5, 5.41) is 0. The molecule has 1 saturated carbocycles. The van der Waals surface area contributed by atoms with Crippen molar-refractivity contribution in [1.82, 2.24) is 4.90 Å². The van der Waals surface area contributed by atoms with Crippen LogP contribution in [0.15, 0.2) is 12.1 Å². The van der Waals surface area contributed by atoms with Crippen LogP contribution in [-0.2, 0) is 11.1 Å². The topological polar surface area (TPSA) is 104 Å². The van der Waals surface area contributed by atoms with E-state index in [1.54, 1.807) is 18.0 Å². The van der Waals surface area contributed by atoms with E-state index in [4.69, 9.17) is 5.73 Å². The number of benzene rings is 1. The molecule has 3 rings (SSSR count). The number of amides is 1. The third-order valence-corrected chi connectivity index (χ3v) is 6.42. The van der Waals surface area contributed by atoms with Gasteiger partial charge in [-0.1, -0.05) is 6.07 Å². The Kier molecular flexibility index (Phi) is 3.79. The van der Waals surface area contributed by atoms with Gasteiger partial charge in [0.15, 0.2) is 0 Å². The maximum Gasteiger partial charge on any atom is 0.328 e. The summed E-state index contributed by atoms with van der Waals surface area (Å²) < 4.78 is 11.4. The lowest BCUT2D eigenvalue weighted by molar-refractivity contribution is 0.0817. The summed E-state index contributed by atoms with van der Waals surface area (Å²) in [6.07, 6.45) is 2.53. The maximum atomic E-state index is 12.2. The van der Waals surface area contributed by atoms with Gasteiger partial charge in [-0.05, 0) is 48.8 Å². The van der Waals surface area contributed by atoms with Crippen molar-refractivity contribution in [1.29, 1.82) is 0 Å². The first kappa shape index (κ1) is 15.5. The summed E-state index contributed by atoms with van der Waals surface area (Å²) in [4.78, 5) is 32.4. The lowest BCUT2D eigenvalue weighted by atomic mass is 9.81. The zero-order valence-corrected chi connectivity index (χ0v) is 13.4. The summed E-state index contributed by atoms with van der Waals surface area (Å²) in [7, 11) is -2.22. The van der Waals surface area contributed by atoms with Gasteiger partial charge in [-0.3, -0.25) is 9.36 Å². The molecule has 120 valence electrons. The van der Waals surface area contributed by atoms with Crippen molar-refractivity contribution in [2.24, 2.45) is 0 Å². The second kappa shape index (κ2) is 5.37. The molecule has 1 amide bonds. The van der Waals surface area contributed by atoms with Crippen molar-refractivity contribution in [3.05, 3.63) is 28.8 Å². The molecule has 1 fully saturated rings. The van der Waals surface area contributed by atoms with Gasteiger partial charge >= 0.3 is 7.60 Å². The zero-order valence-electron chi connectivity index (χ0n) is 12.5. The van der Waals surface area contributed by atoms with Gasteiger partial charge in [0.1, 0.15) is 0 Å². The Hall–Kier alpha value is -1.36. The van der Waals surface area contributed by atoms with Crippen molar-refractivity contribution in [3.8, 4) is 0 Å². The highest BCUT2D eigenvalue weighted by Crippen LogP contribution is 2.51. The van der Waals surface area contributed by atoms with E-state index in [0.717, 1.165) is 24.0 Å². The fourth-order valence-corrected chi connectivity index (χ4v) is 4.68. The van der Waals surface area contributed by atoms with E-state index in [9.17, 15) is 19.1 Å². The van der Waals surface area contributed by atoms with Gasteiger partial charge in [-0.15, -0.1) is 0 Å². The van der Waals surface area contributed by atoms with Gasteiger partial charge in [0.25, 0.3) is 5.91 Å². The maximum absolute atomic E-state index is 12.2. The molecule has 0 spiro atoms. The molecule has 2 aliphatic rings. The summed E-state index contributed by atoms with van der Waals surface area (Å²) >= 11 is 0. The van der Waals surface area contributed by atoms with E-state index < -0.39 is 13.3 Å². The standard InChI is InChI=1S/C15H21N2O4P/c1-17-8-12-11(6-7-13(16)14(12)15(17)18)9-2-4-10(5-3-9)22(19,20)21/h6-7,9-10H,2-5,8,16H2,1H3,(H2,19,20,21). The molecule has 0 unspecified atom stereocenters. The Morgan fingerprint density at radius 2 is 1.86 bits per heavy atom. The molecule has 22 heavy (non-hydrogen) atoms. The summed E-state index contributed by atoms with van der Waals surface area (Å²) in [6, 6.07) is 3.75. The molecular weight excluding hydrogens is 303 g/mol. The molecule has 0 radical (unpaired) electrons. The van der Waals surface area contributed by atoms with Crippen LogP contribution < -0.4 is 5.73 Å². The zero-order chi connectivity index (χ0) is 16.1. The number of carbonyl (C=O) groups excluding carboxylic acids is 1. The Balaban J connectivity index is 1.87. The summed E-state index contributed by atoms with van der Waals surface area (Å²) in [5.41, 5.74) is 8.66. The molecule has 4 N–H and O–H groups in total. The Morgan fingerprint density at radius 1 is 1.23 bits per heavy atom. The smallest absolute Gasteiger partial charge is 0.328 e. The number of fused-ring (bicyclic) bond motifs is 1. The molecule has 1 aromatic carbocycles. The summed E-state index contributed by atoms with van der Waals surface area (Å²) in [5.74, 6) is 0.203. The molecule has 0 atom stereocenters. The van der Waals surface area contributed by atoms with Crippen LogP contribution in [0.4, 0.5) is 5.69 Å². The second-order valence-electron chi connectivity index (χ2n) is 6.35. The predicted octanol–water partition coefficient (Wildman–Crippen LogP) is 2.06. The number of nitrogen functional groups attached to an aromatic ring is 1. The van der Waals surface area contributed by atoms with Gasteiger partial charge in [-0.2, -0.15) is 0 Å². The van der Waals surface area contributed by atoms with Crippen molar-refractivity contribution in [2.45, 2.75) is 43.8 Å². The number of hydrogen-bond acceptors (Lipinski definition) is 3. The molecule has 0 saturated heterocycles. The SMILES string of the molecule is CN1Cc2c(C3CCC(P(=O)(O)O)CC3)ccc(N)c2C1=O. The number of anilines is 1. The number of rotatable bonds is 2. The van der Waals surface area contributed by atoms with E-state index in [1.165, 1.54) is 0 Å². The second-order valence-corrected chi connectivity index (χ2v) is 8.26. The van der Waals surface area contributed by atoms with Gasteiger partial charge in [-0.25, -0.2) is 0 Å². The monoisotopic (exact) mass is 324 g/mol. The van der Waals surface area contributed by atoms with Crippen molar-refractivity contribution < 1.29 is 19.1 Å². The minimum atomic E-state index is -3.99. The van der Waals surface area contributed by atoms with Crippen LogP contribution in [0.25, 0.3) is 0 Å². The van der Waals surface area contributed by atoms with E-state index in [1.807, 2.05) is 6.07 Å². The van der Waals surface area contributed by atoms with E-state index in [-0.39, 0.29) is 11.8 Å². The van der Waals surface area contributed by atoms with Crippen LogP contribution in [0.1, 0.15) is 53.1 Å². The Morgan fingerprint density at radius 3 is 2.45 bits per heavy atom. The molecular formula is C15H21N2O4P. The third kappa shape index (κ3) is 2.56. The van der Waals surface area contributed by atoms with Crippen LogP contribution >= 0.6 is 7.60 Å². The van der Waals surface area contributed by atoms with Crippen LogP contribution in [0.5, 0.6) is 0 Å². The van der Waals surface area contributed by atoms with Crippen molar-refractivity contribution in [2.75, 3.05) is 12.8 Å². The number of hydrogen-bond donors (Lipinski definition) is 3. The molecule has 0 bridgehead atoms. The molecule has 1 aliphatic carbocycles. The minimum Gasteiger partial charge on any atom is -0.398 e. The highest BCUT2D eigenvalue weighted by Gasteiger charge is 2.36. The molecule has 0 aromatic heterocycles. The largest absolute Gasteiger partial charge is 0.398 e. The van der Waals surface area contributed by atoms with Crippen molar-refractivity contribution in [3.63, 3.8) is 0 Å². The first-order chi connectivity index (χ1) is 10.3. The molecule has 7 heteroatoms. The van der Waals surface area contributed by atoms with Gasteiger partial charge in [0.2, 0.25) is 0 Å². The van der Waals surface area contributed by atoms with E-state index >= 15 is 0 Å². The molecule has 1 heterocycles. The van der Waals surface area contributed by atoms with Crippen LogP contribution in [-0.4, -0.2) is 33.3 Å². The Labute approximate surface area is 129 Å². The first-order valence-electron chi connectivity index (χ1n) is 7.51. The lowest BCUT2D eigenvalue weighted by Crippen LogP contribution is -2.19. The number of nitrogens with two attached hydrogens (primary N) is 1. The predicted molar refractivity (Wildman–Crippen MR) is 83.7 cm³/mol. The average Bonchev–Trinajstić information content (AvgIpc) is 2.75. The van der Waals surface area contributed by atoms with E-state index in [0.29, 0.717) is 30.6 Å². The fraction of sp³-hybridized carbons (Fsp3) is 0.533. The van der Waals surface area contributed by atoms with Crippen LogP contribution in [0.2, 0.25) is 0 Å². The number of nitrogens with zero attached hydrogens (tertiary/aromatic N) is 1. The molecule has 1 aliphatic heterocycles. The minimum absolute atomic E-state index is 0.0433. The fourth-order valence-electron chi connectivity index (χ4n) is 3.71.